The summed E-state index contributed by atoms with van der Waals surface area (Å²) < 4.78 is 19.8. The second-order valence-corrected chi connectivity index (χ2v) is 2.48. The zero-order valence-electron chi connectivity index (χ0n) is 8.48. The van der Waals surface area contributed by atoms with E-state index in [1.807, 2.05) is 0 Å². The first-order chi connectivity index (χ1) is 6.13. The molecule has 0 N–H and O–H groups in total. The summed E-state index contributed by atoms with van der Waals surface area (Å²) >= 11 is 0. The van der Waals surface area contributed by atoms with Gasteiger partial charge in [-0.1, -0.05) is 0 Å². The molecule has 2 atom stereocenters. The lowest BCUT2D eigenvalue weighted by Crippen LogP contribution is -2.30. The standard InChI is InChI=1S/C8H17O5/c1-6(10-3)12-8(5-9)13-7(2)11-4/h6-8H,5H2,1-4H3. The van der Waals surface area contributed by atoms with E-state index < -0.39 is 25.5 Å². The molecule has 13 heavy (non-hydrogen) atoms. The SMILES string of the molecule is COC(C)OC(C[O])OC(C)OC. The van der Waals surface area contributed by atoms with E-state index in [1.54, 1.807) is 13.8 Å². The molecule has 0 bridgehead atoms. The summed E-state index contributed by atoms with van der Waals surface area (Å²) in [5.41, 5.74) is 0. The van der Waals surface area contributed by atoms with Crippen LogP contribution in [0, 0.1) is 0 Å². The Balaban J connectivity index is 3.74. The van der Waals surface area contributed by atoms with Crippen LogP contribution in [0.25, 0.3) is 0 Å². The summed E-state index contributed by atoms with van der Waals surface area (Å²) in [5, 5.41) is 10.6. The molecular formula is C8H17O5. The molecule has 0 aliphatic rings. The fourth-order valence-corrected chi connectivity index (χ4v) is 0.649. The Hall–Kier alpha value is -0.200. The van der Waals surface area contributed by atoms with Crippen LogP contribution in [-0.2, 0) is 24.1 Å². The second-order valence-electron chi connectivity index (χ2n) is 2.48. The minimum Gasteiger partial charge on any atom is -0.356 e. The molecular weight excluding hydrogens is 176 g/mol. The van der Waals surface area contributed by atoms with Gasteiger partial charge < -0.3 is 18.9 Å². The molecule has 0 saturated heterocycles. The first kappa shape index (κ1) is 12.8. The number of ether oxygens (including phenoxy) is 4. The average Bonchev–Trinajstić information content (AvgIpc) is 2.16. The van der Waals surface area contributed by atoms with Crippen molar-refractivity contribution in [2.75, 3.05) is 20.8 Å². The van der Waals surface area contributed by atoms with Gasteiger partial charge in [-0.15, -0.1) is 0 Å². The van der Waals surface area contributed by atoms with Crippen molar-refractivity contribution in [3.63, 3.8) is 0 Å². The maximum absolute atomic E-state index is 10.6. The predicted molar refractivity (Wildman–Crippen MR) is 44.5 cm³/mol. The molecule has 1 radical (unpaired) electrons. The van der Waals surface area contributed by atoms with Gasteiger partial charge in [0.25, 0.3) is 0 Å². The van der Waals surface area contributed by atoms with Crippen molar-refractivity contribution in [2.24, 2.45) is 0 Å². The monoisotopic (exact) mass is 193 g/mol. The number of methoxy groups -OCH3 is 2. The molecule has 0 rings (SSSR count). The van der Waals surface area contributed by atoms with E-state index in [9.17, 15) is 5.11 Å². The van der Waals surface area contributed by atoms with Gasteiger partial charge in [-0.2, -0.15) is 0 Å². The predicted octanol–water partition coefficient (Wildman–Crippen LogP) is 0.761. The van der Waals surface area contributed by atoms with Crippen LogP contribution >= 0.6 is 0 Å². The number of hydrogen-bond donors (Lipinski definition) is 0. The van der Waals surface area contributed by atoms with Crippen LogP contribution in [0.4, 0.5) is 0 Å². The lowest BCUT2D eigenvalue weighted by molar-refractivity contribution is -0.290. The van der Waals surface area contributed by atoms with Crippen molar-refractivity contribution in [1.29, 1.82) is 0 Å². The first-order valence-corrected chi connectivity index (χ1v) is 4.08. The molecule has 0 aromatic heterocycles. The highest BCUT2D eigenvalue weighted by atomic mass is 16.8. The summed E-state index contributed by atoms with van der Waals surface area (Å²) in [6, 6.07) is 0. The lowest BCUT2D eigenvalue weighted by atomic mass is 10.6. The van der Waals surface area contributed by atoms with Crippen molar-refractivity contribution in [3.8, 4) is 0 Å². The van der Waals surface area contributed by atoms with Gasteiger partial charge >= 0.3 is 0 Å². The summed E-state index contributed by atoms with van der Waals surface area (Å²) in [4.78, 5) is 0. The number of hydrogen-bond acceptors (Lipinski definition) is 4. The maximum Gasteiger partial charge on any atom is 0.190 e. The van der Waals surface area contributed by atoms with E-state index in [-0.39, 0.29) is 0 Å². The Morgan fingerprint density at radius 2 is 1.38 bits per heavy atom. The van der Waals surface area contributed by atoms with Gasteiger partial charge in [0.2, 0.25) is 0 Å². The summed E-state index contributed by atoms with van der Waals surface area (Å²) in [7, 11) is 2.98. The topological polar surface area (TPSA) is 56.8 Å². The molecule has 0 aromatic carbocycles. The van der Waals surface area contributed by atoms with Gasteiger partial charge in [-0.25, -0.2) is 5.11 Å². The van der Waals surface area contributed by atoms with Crippen LogP contribution in [0.15, 0.2) is 0 Å². The third-order valence-corrected chi connectivity index (χ3v) is 1.49. The van der Waals surface area contributed by atoms with E-state index >= 15 is 0 Å². The van der Waals surface area contributed by atoms with Gasteiger partial charge in [0.15, 0.2) is 18.9 Å². The van der Waals surface area contributed by atoms with Crippen molar-refractivity contribution in [3.05, 3.63) is 0 Å². The minimum atomic E-state index is -0.829. The zero-order chi connectivity index (χ0) is 10.3. The van der Waals surface area contributed by atoms with E-state index in [2.05, 4.69) is 0 Å². The quantitative estimate of drug-likeness (QED) is 0.560. The second kappa shape index (κ2) is 7.23. The molecule has 0 aliphatic heterocycles. The van der Waals surface area contributed by atoms with Crippen molar-refractivity contribution >= 4 is 0 Å². The van der Waals surface area contributed by atoms with E-state index in [1.165, 1.54) is 14.2 Å². The maximum atomic E-state index is 10.6. The van der Waals surface area contributed by atoms with Crippen LogP contribution in [0.5, 0.6) is 0 Å². The molecule has 2 unspecified atom stereocenters. The van der Waals surface area contributed by atoms with Gasteiger partial charge in [0.1, 0.15) is 6.61 Å². The highest BCUT2D eigenvalue weighted by Crippen LogP contribution is 2.04. The molecule has 0 fully saturated rings. The highest BCUT2D eigenvalue weighted by Gasteiger charge is 2.15. The number of rotatable bonds is 7. The molecule has 5 nitrogen and oxygen atoms in total. The van der Waals surface area contributed by atoms with E-state index in [0.29, 0.717) is 0 Å². The third kappa shape index (κ3) is 5.95. The fourth-order valence-electron chi connectivity index (χ4n) is 0.649. The minimum absolute atomic E-state index is 0.456. The Bertz CT molecular complexity index is 107. The Morgan fingerprint density at radius 1 is 1.00 bits per heavy atom. The summed E-state index contributed by atoms with van der Waals surface area (Å²) in [5.74, 6) is 0. The van der Waals surface area contributed by atoms with Crippen LogP contribution in [0.3, 0.4) is 0 Å². The zero-order valence-corrected chi connectivity index (χ0v) is 8.48. The van der Waals surface area contributed by atoms with Crippen LogP contribution in [0.1, 0.15) is 13.8 Å². The van der Waals surface area contributed by atoms with Crippen LogP contribution < -0.4 is 0 Å². The highest BCUT2D eigenvalue weighted by molar-refractivity contribution is 4.42. The van der Waals surface area contributed by atoms with Gasteiger partial charge in [0, 0.05) is 14.2 Å². The Kier molecular flexibility index (Phi) is 7.12. The van der Waals surface area contributed by atoms with Gasteiger partial charge in [0.05, 0.1) is 0 Å². The average molecular weight is 193 g/mol. The van der Waals surface area contributed by atoms with Crippen molar-refractivity contribution in [1.82, 2.24) is 0 Å². The summed E-state index contributed by atoms with van der Waals surface area (Å²) in [6.45, 7) is 2.88. The molecule has 0 aromatic rings. The van der Waals surface area contributed by atoms with Crippen molar-refractivity contribution in [2.45, 2.75) is 32.7 Å². The molecule has 0 aliphatic carbocycles. The Labute approximate surface area is 78.5 Å². The van der Waals surface area contributed by atoms with Gasteiger partial charge in [-0.3, -0.25) is 0 Å². The normalized spacial score (nSPS) is 18.2. The first-order valence-electron chi connectivity index (χ1n) is 4.08. The lowest BCUT2D eigenvalue weighted by Gasteiger charge is -2.22. The molecule has 5 heteroatoms. The van der Waals surface area contributed by atoms with Gasteiger partial charge in [-0.05, 0) is 13.8 Å². The van der Waals surface area contributed by atoms with E-state index in [4.69, 9.17) is 18.9 Å². The van der Waals surface area contributed by atoms with E-state index in [0.717, 1.165) is 0 Å². The molecule has 0 spiro atoms. The van der Waals surface area contributed by atoms with Crippen molar-refractivity contribution < 1.29 is 24.1 Å². The van der Waals surface area contributed by atoms with Crippen LogP contribution in [-0.4, -0.2) is 39.7 Å². The molecule has 0 saturated carbocycles. The molecule has 0 heterocycles. The fraction of sp³-hybridized carbons (Fsp3) is 1.00. The summed E-state index contributed by atoms with van der Waals surface area (Å²) in [6.07, 6.45) is -1.74. The largest absolute Gasteiger partial charge is 0.356 e. The Morgan fingerprint density at radius 3 is 1.62 bits per heavy atom. The third-order valence-electron chi connectivity index (χ3n) is 1.49. The molecule has 0 amide bonds. The smallest absolute Gasteiger partial charge is 0.190 e. The van der Waals surface area contributed by atoms with Crippen LogP contribution in [0.2, 0.25) is 0 Å². The molecule has 79 valence electrons.